The Labute approximate surface area is 122 Å². The molecule has 4 heteroatoms. The standard InChI is InChI=1S/C16H27NO3/c1-16(2,9-6-11-18)13-17-10-12-20-15-8-5-4-7-14(15)19-3/h4-5,7-8,17-18H,6,9-13H2,1-3H3. The van der Waals surface area contributed by atoms with Crippen LogP contribution in [0.2, 0.25) is 0 Å². The average Bonchev–Trinajstić information content (AvgIpc) is 2.45. The van der Waals surface area contributed by atoms with Crippen LogP contribution >= 0.6 is 0 Å². The molecule has 0 spiro atoms. The Hall–Kier alpha value is -1.26. The number of hydrogen-bond donors (Lipinski definition) is 2. The third-order valence-electron chi connectivity index (χ3n) is 3.22. The summed E-state index contributed by atoms with van der Waals surface area (Å²) in [4.78, 5) is 0. The first-order valence-corrected chi connectivity index (χ1v) is 7.16. The van der Waals surface area contributed by atoms with E-state index in [0.29, 0.717) is 6.61 Å². The highest BCUT2D eigenvalue weighted by atomic mass is 16.5. The van der Waals surface area contributed by atoms with E-state index in [1.54, 1.807) is 7.11 Å². The Morgan fingerprint density at radius 3 is 2.55 bits per heavy atom. The lowest BCUT2D eigenvalue weighted by atomic mass is 9.88. The van der Waals surface area contributed by atoms with Crippen LogP contribution in [0.1, 0.15) is 26.7 Å². The molecular weight excluding hydrogens is 254 g/mol. The van der Waals surface area contributed by atoms with E-state index in [-0.39, 0.29) is 12.0 Å². The second-order valence-corrected chi connectivity index (χ2v) is 5.67. The second-order valence-electron chi connectivity index (χ2n) is 5.67. The van der Waals surface area contributed by atoms with Crippen LogP contribution < -0.4 is 14.8 Å². The molecule has 0 amide bonds. The molecule has 114 valence electrons. The number of ether oxygens (including phenoxy) is 2. The summed E-state index contributed by atoms with van der Waals surface area (Å²) in [6.07, 6.45) is 1.87. The summed E-state index contributed by atoms with van der Waals surface area (Å²) in [7, 11) is 1.64. The van der Waals surface area contributed by atoms with Crippen molar-refractivity contribution < 1.29 is 14.6 Å². The van der Waals surface area contributed by atoms with E-state index in [1.807, 2.05) is 24.3 Å². The highest BCUT2D eigenvalue weighted by Crippen LogP contribution is 2.25. The topological polar surface area (TPSA) is 50.7 Å². The van der Waals surface area contributed by atoms with Gasteiger partial charge in [0, 0.05) is 19.7 Å². The molecule has 0 radical (unpaired) electrons. The Balaban J connectivity index is 2.22. The second kappa shape index (κ2) is 8.82. The number of methoxy groups -OCH3 is 1. The summed E-state index contributed by atoms with van der Waals surface area (Å²) in [5, 5.41) is 12.3. The third kappa shape index (κ3) is 6.26. The molecule has 20 heavy (non-hydrogen) atoms. The molecule has 2 N–H and O–H groups in total. The molecule has 4 nitrogen and oxygen atoms in total. The molecule has 1 aromatic rings. The molecule has 0 heterocycles. The average molecular weight is 281 g/mol. The predicted molar refractivity (Wildman–Crippen MR) is 81.5 cm³/mol. The van der Waals surface area contributed by atoms with Gasteiger partial charge in [-0.2, -0.15) is 0 Å². The van der Waals surface area contributed by atoms with Gasteiger partial charge in [0.1, 0.15) is 6.61 Å². The normalized spacial score (nSPS) is 11.4. The number of para-hydroxylation sites is 2. The van der Waals surface area contributed by atoms with Gasteiger partial charge in [0.2, 0.25) is 0 Å². The minimum absolute atomic E-state index is 0.202. The van der Waals surface area contributed by atoms with Gasteiger partial charge in [-0.25, -0.2) is 0 Å². The molecule has 1 rings (SSSR count). The van der Waals surface area contributed by atoms with E-state index in [9.17, 15) is 0 Å². The van der Waals surface area contributed by atoms with Crippen LogP contribution in [0, 0.1) is 5.41 Å². The van der Waals surface area contributed by atoms with Crippen molar-refractivity contribution in [3.05, 3.63) is 24.3 Å². The lowest BCUT2D eigenvalue weighted by Crippen LogP contribution is -2.32. The molecule has 0 saturated heterocycles. The van der Waals surface area contributed by atoms with Crippen molar-refractivity contribution in [2.24, 2.45) is 5.41 Å². The molecule has 0 bridgehead atoms. The molecule has 0 fully saturated rings. The summed E-state index contributed by atoms with van der Waals surface area (Å²) < 4.78 is 10.9. The summed E-state index contributed by atoms with van der Waals surface area (Å²) >= 11 is 0. The first kappa shape index (κ1) is 16.8. The van der Waals surface area contributed by atoms with E-state index >= 15 is 0 Å². The number of aliphatic hydroxyl groups is 1. The molecule has 0 unspecified atom stereocenters. The van der Waals surface area contributed by atoms with E-state index in [4.69, 9.17) is 14.6 Å². The van der Waals surface area contributed by atoms with Crippen molar-refractivity contribution in [2.75, 3.05) is 33.4 Å². The summed E-state index contributed by atoms with van der Waals surface area (Å²) in [5.41, 5.74) is 0.202. The van der Waals surface area contributed by atoms with Crippen molar-refractivity contribution >= 4 is 0 Å². The highest BCUT2D eigenvalue weighted by Gasteiger charge is 2.16. The zero-order valence-electron chi connectivity index (χ0n) is 12.8. The Morgan fingerprint density at radius 2 is 1.90 bits per heavy atom. The zero-order chi connectivity index (χ0) is 14.8. The SMILES string of the molecule is COc1ccccc1OCCNCC(C)(C)CCCO. The Kier molecular flexibility index (Phi) is 7.41. The number of rotatable bonds is 10. The number of hydrogen-bond acceptors (Lipinski definition) is 4. The lowest BCUT2D eigenvalue weighted by molar-refractivity contribution is 0.230. The largest absolute Gasteiger partial charge is 0.493 e. The smallest absolute Gasteiger partial charge is 0.161 e. The minimum atomic E-state index is 0.202. The van der Waals surface area contributed by atoms with Crippen LogP contribution in [0.4, 0.5) is 0 Å². The molecule has 0 saturated carbocycles. The third-order valence-corrected chi connectivity index (χ3v) is 3.22. The maximum atomic E-state index is 8.86. The summed E-state index contributed by atoms with van der Waals surface area (Å²) in [5.74, 6) is 1.53. The number of aliphatic hydroxyl groups excluding tert-OH is 1. The molecule has 0 aromatic heterocycles. The van der Waals surface area contributed by atoms with Gasteiger partial charge in [-0.3, -0.25) is 0 Å². The number of benzene rings is 1. The lowest BCUT2D eigenvalue weighted by Gasteiger charge is -2.24. The van der Waals surface area contributed by atoms with Gasteiger partial charge < -0.3 is 19.9 Å². The van der Waals surface area contributed by atoms with Crippen molar-refractivity contribution in [3.8, 4) is 11.5 Å². The Bertz CT molecular complexity index is 380. The van der Waals surface area contributed by atoms with Crippen LogP contribution in [-0.2, 0) is 0 Å². The van der Waals surface area contributed by atoms with Crippen molar-refractivity contribution in [1.82, 2.24) is 5.32 Å². The van der Waals surface area contributed by atoms with Crippen LogP contribution in [0.15, 0.2) is 24.3 Å². The first-order valence-electron chi connectivity index (χ1n) is 7.16. The van der Waals surface area contributed by atoms with Crippen LogP contribution in [0.25, 0.3) is 0 Å². The zero-order valence-corrected chi connectivity index (χ0v) is 12.8. The fourth-order valence-corrected chi connectivity index (χ4v) is 2.04. The van der Waals surface area contributed by atoms with Gasteiger partial charge in [-0.15, -0.1) is 0 Å². The maximum Gasteiger partial charge on any atom is 0.161 e. The van der Waals surface area contributed by atoms with Crippen LogP contribution in [-0.4, -0.2) is 38.5 Å². The van der Waals surface area contributed by atoms with E-state index < -0.39 is 0 Å². The van der Waals surface area contributed by atoms with Gasteiger partial charge in [0.05, 0.1) is 7.11 Å². The molecule has 0 aliphatic rings. The van der Waals surface area contributed by atoms with Crippen LogP contribution in [0.3, 0.4) is 0 Å². The van der Waals surface area contributed by atoms with E-state index in [1.165, 1.54) is 0 Å². The Morgan fingerprint density at radius 1 is 1.20 bits per heavy atom. The van der Waals surface area contributed by atoms with Crippen molar-refractivity contribution in [2.45, 2.75) is 26.7 Å². The van der Waals surface area contributed by atoms with Gasteiger partial charge in [0.15, 0.2) is 11.5 Å². The fraction of sp³-hybridized carbons (Fsp3) is 0.625. The van der Waals surface area contributed by atoms with E-state index in [2.05, 4.69) is 19.2 Å². The molecule has 0 aliphatic heterocycles. The quantitative estimate of drug-likeness (QED) is 0.647. The summed E-state index contributed by atoms with van der Waals surface area (Å²) in [6, 6.07) is 7.65. The summed E-state index contributed by atoms with van der Waals surface area (Å²) in [6.45, 7) is 6.99. The van der Waals surface area contributed by atoms with Crippen molar-refractivity contribution in [1.29, 1.82) is 0 Å². The predicted octanol–water partition coefficient (Wildman–Crippen LogP) is 2.46. The molecule has 1 aromatic carbocycles. The van der Waals surface area contributed by atoms with Crippen LogP contribution in [0.5, 0.6) is 11.5 Å². The van der Waals surface area contributed by atoms with Gasteiger partial charge >= 0.3 is 0 Å². The minimum Gasteiger partial charge on any atom is -0.493 e. The van der Waals surface area contributed by atoms with Gasteiger partial charge in [0.25, 0.3) is 0 Å². The molecule has 0 atom stereocenters. The molecular formula is C16H27NO3. The van der Waals surface area contributed by atoms with Gasteiger partial charge in [-0.05, 0) is 30.4 Å². The molecule has 0 aliphatic carbocycles. The van der Waals surface area contributed by atoms with E-state index in [0.717, 1.165) is 37.4 Å². The number of nitrogens with one attached hydrogen (secondary N) is 1. The van der Waals surface area contributed by atoms with Crippen molar-refractivity contribution in [3.63, 3.8) is 0 Å². The highest BCUT2D eigenvalue weighted by molar-refractivity contribution is 5.39. The maximum absolute atomic E-state index is 8.86. The van der Waals surface area contributed by atoms with Gasteiger partial charge in [-0.1, -0.05) is 26.0 Å². The fourth-order valence-electron chi connectivity index (χ4n) is 2.04. The first-order chi connectivity index (χ1) is 9.59. The monoisotopic (exact) mass is 281 g/mol.